The van der Waals surface area contributed by atoms with Gasteiger partial charge in [0.15, 0.2) is 0 Å². The summed E-state index contributed by atoms with van der Waals surface area (Å²) in [5.41, 5.74) is 15.6. The minimum Gasteiger partial charge on any atom is -0.418 e. The molecule has 0 unspecified atom stereocenters. The third-order valence-electron chi connectivity index (χ3n) is 7.22. The van der Waals surface area contributed by atoms with E-state index in [4.69, 9.17) is 9.97 Å². The number of pyridine rings is 4. The van der Waals surface area contributed by atoms with E-state index in [0.717, 1.165) is 34.2 Å². The second kappa shape index (κ2) is 17.0. The number of hydrogen-bond acceptors (Lipinski definition) is 4. The molecule has 4 heterocycles. The van der Waals surface area contributed by atoms with Crippen molar-refractivity contribution in [3.63, 3.8) is 0 Å². The number of nitrogens with zero attached hydrogens (tertiary/aromatic N) is 4. The molecule has 0 aliphatic heterocycles. The molecule has 4 nitrogen and oxygen atoms in total. The molecule has 0 bridgehead atoms. The summed E-state index contributed by atoms with van der Waals surface area (Å²) in [7, 11) is -6.00. The maximum Gasteiger partial charge on any atom is 1.00 e. The fraction of sp³-hybridized carbons (Fsp3) is 0.158. The Bertz CT molecular complexity index is 1760. The Labute approximate surface area is 290 Å². The molecule has 0 N–H and O–H groups in total. The Morgan fingerprint density at radius 2 is 0.708 bits per heavy atom. The fourth-order valence-corrected chi connectivity index (χ4v) is 5.63. The summed E-state index contributed by atoms with van der Waals surface area (Å²) < 4.78 is 39.0. The first-order chi connectivity index (χ1) is 22.3. The van der Waals surface area contributed by atoms with Crippen molar-refractivity contribution in [3.8, 4) is 45.3 Å². The van der Waals surface area contributed by atoms with E-state index in [-0.39, 0.29) is 17.1 Å². The van der Waals surface area contributed by atoms with Crippen LogP contribution in [0.1, 0.15) is 33.4 Å². The Balaban J connectivity index is 0.000000286. The molecule has 0 fully saturated rings. The van der Waals surface area contributed by atoms with E-state index >= 15 is 0 Å². The van der Waals surface area contributed by atoms with Gasteiger partial charge in [-0.3, -0.25) is 9.97 Å². The molecule has 250 valence electrons. The number of halogens is 4. The van der Waals surface area contributed by atoms with Gasteiger partial charge < -0.3 is 17.3 Å². The van der Waals surface area contributed by atoms with Gasteiger partial charge in [-0.1, -0.05) is 59.7 Å². The summed E-state index contributed by atoms with van der Waals surface area (Å²) >= 11 is 0. The van der Waals surface area contributed by atoms with Gasteiger partial charge in [0.1, 0.15) is 0 Å². The quantitative estimate of drug-likeness (QED) is 0.136. The molecule has 0 atom stereocenters. The summed E-state index contributed by atoms with van der Waals surface area (Å²) in [4.78, 5) is 18.4. The molecule has 0 aliphatic rings. The maximum absolute atomic E-state index is 9.75. The van der Waals surface area contributed by atoms with Gasteiger partial charge in [0.05, 0.1) is 34.2 Å². The second-order valence-corrected chi connectivity index (χ2v) is 11.3. The Morgan fingerprint density at radius 1 is 0.417 bits per heavy atom. The van der Waals surface area contributed by atoms with Gasteiger partial charge >= 0.3 is 24.3 Å². The fourth-order valence-electron chi connectivity index (χ4n) is 5.63. The van der Waals surface area contributed by atoms with Crippen molar-refractivity contribution < 1.29 is 34.3 Å². The van der Waals surface area contributed by atoms with Crippen LogP contribution >= 0.6 is 0 Å². The zero-order chi connectivity index (χ0) is 34.1. The molecule has 2 aromatic carbocycles. The predicted octanol–water partition coefficient (Wildman–Crippen LogP) is 10.8. The largest absolute Gasteiger partial charge is 1.00 e. The Morgan fingerprint density at radius 3 is 1.00 bits per heavy atom. The van der Waals surface area contributed by atoms with Gasteiger partial charge in [-0.25, -0.2) is 9.97 Å². The zero-order valence-electron chi connectivity index (χ0n) is 27.6. The first kappa shape index (κ1) is 37.8. The van der Waals surface area contributed by atoms with Crippen molar-refractivity contribution in [3.05, 3.63) is 143 Å². The number of benzene rings is 2. The van der Waals surface area contributed by atoms with Crippen LogP contribution in [-0.2, 0) is 17.1 Å². The van der Waals surface area contributed by atoms with Gasteiger partial charge in [-0.15, -0.1) is 0 Å². The third-order valence-corrected chi connectivity index (χ3v) is 7.22. The minimum absolute atomic E-state index is 0. The van der Waals surface area contributed by atoms with Gasteiger partial charge in [0.25, 0.3) is 0 Å². The van der Waals surface area contributed by atoms with Crippen molar-refractivity contribution in [1.82, 2.24) is 19.9 Å². The van der Waals surface area contributed by atoms with Crippen LogP contribution in [0.4, 0.5) is 17.3 Å². The van der Waals surface area contributed by atoms with Crippen molar-refractivity contribution >= 4 is 7.25 Å². The monoisotopic (exact) mass is 698 g/mol. The van der Waals surface area contributed by atoms with E-state index in [1.165, 1.54) is 44.5 Å². The van der Waals surface area contributed by atoms with Crippen molar-refractivity contribution in [2.75, 3.05) is 0 Å². The first-order valence-electron chi connectivity index (χ1n) is 15.1. The smallest absolute Gasteiger partial charge is 0.418 e. The summed E-state index contributed by atoms with van der Waals surface area (Å²) in [6.45, 7) is 12.9. The van der Waals surface area contributed by atoms with E-state index in [1.54, 1.807) is 12.4 Å². The van der Waals surface area contributed by atoms with Gasteiger partial charge in [0.2, 0.25) is 0 Å². The van der Waals surface area contributed by atoms with E-state index < -0.39 is 7.25 Å². The molecule has 10 heteroatoms. The van der Waals surface area contributed by atoms with Crippen LogP contribution in [0.5, 0.6) is 0 Å². The van der Waals surface area contributed by atoms with Crippen LogP contribution in [0.3, 0.4) is 0 Å². The first-order valence-corrected chi connectivity index (χ1v) is 15.1. The summed E-state index contributed by atoms with van der Waals surface area (Å²) in [5.74, 6) is 0. The zero-order valence-corrected chi connectivity index (χ0v) is 28.5. The Kier molecular flexibility index (Phi) is 13.3. The van der Waals surface area contributed by atoms with Gasteiger partial charge in [0, 0.05) is 23.5 Å². The van der Waals surface area contributed by atoms with E-state index in [0.29, 0.717) is 0 Å². The summed E-state index contributed by atoms with van der Waals surface area (Å²) in [5, 5.41) is 0. The molecule has 48 heavy (non-hydrogen) atoms. The summed E-state index contributed by atoms with van der Waals surface area (Å²) in [6, 6.07) is 32.9. The second-order valence-electron chi connectivity index (χ2n) is 11.3. The number of rotatable bonds is 4. The number of aryl methyl sites for hydroxylation is 6. The molecule has 0 amide bonds. The molecular formula is C38H36BCuF4N4. The Hall–Kier alpha value is -4.66. The topological polar surface area (TPSA) is 51.6 Å². The molecule has 0 saturated carbocycles. The van der Waals surface area contributed by atoms with Crippen LogP contribution in [0, 0.1) is 41.5 Å². The number of hydrogen-bond donors (Lipinski definition) is 0. The van der Waals surface area contributed by atoms with Crippen LogP contribution in [-0.4, -0.2) is 27.2 Å². The van der Waals surface area contributed by atoms with Crippen LogP contribution < -0.4 is 0 Å². The average molecular weight is 699 g/mol. The van der Waals surface area contributed by atoms with Gasteiger partial charge in [-0.2, -0.15) is 0 Å². The minimum atomic E-state index is -6.00. The van der Waals surface area contributed by atoms with Crippen LogP contribution in [0.25, 0.3) is 45.3 Å². The van der Waals surface area contributed by atoms with Crippen LogP contribution in [0.15, 0.2) is 109 Å². The molecular weight excluding hydrogens is 663 g/mol. The molecule has 4 aromatic heterocycles. The summed E-state index contributed by atoms with van der Waals surface area (Å²) in [6.07, 6.45) is 3.54. The maximum atomic E-state index is 9.75. The van der Waals surface area contributed by atoms with Gasteiger partial charge in [-0.05, 0) is 112 Å². The molecule has 6 aromatic rings. The molecule has 0 saturated heterocycles. The predicted molar refractivity (Wildman–Crippen MR) is 184 cm³/mol. The normalized spacial score (nSPS) is 10.5. The molecule has 0 aliphatic carbocycles. The van der Waals surface area contributed by atoms with Crippen molar-refractivity contribution in [2.24, 2.45) is 0 Å². The SMILES string of the molecule is Cc1cc(C)c(-c2cccc(-c3cccc(-c4c(C)cc(C)cc4C)n3)n2)c(C)c1.F[B-](F)(F)F.[Cu+].c1ccc(-c2ccccn2)nc1. The van der Waals surface area contributed by atoms with E-state index in [1.807, 2.05) is 48.5 Å². The molecule has 0 spiro atoms. The number of aromatic nitrogens is 4. The standard InChI is InChI=1S/C28H28N2.C10H8N2.BF4.Cu/c1-17-13-19(3)27(20(4)14-17)25-11-7-9-23(29-25)24-10-8-12-26(30-24)28-21(5)15-18(2)16-22(28)6;1-3-7-11-9(5-1)10-6-2-4-8-12-10;2-1(3,4)5;/h7-16H,1-6H3;1-8H;;/q;;-1;+1. The average Bonchev–Trinajstić information content (AvgIpc) is 3.01. The van der Waals surface area contributed by atoms with Crippen molar-refractivity contribution in [2.45, 2.75) is 41.5 Å². The molecule has 6 rings (SSSR count). The molecule has 0 radical (unpaired) electrons. The van der Waals surface area contributed by atoms with E-state index in [2.05, 4.69) is 100 Å². The third kappa shape index (κ3) is 10.7. The van der Waals surface area contributed by atoms with E-state index in [9.17, 15) is 17.3 Å². The van der Waals surface area contributed by atoms with Crippen LogP contribution in [0.2, 0.25) is 0 Å². The van der Waals surface area contributed by atoms with Crippen molar-refractivity contribution in [1.29, 1.82) is 0 Å².